The number of aryl methyl sites for hydroxylation is 2. The van der Waals surface area contributed by atoms with Gasteiger partial charge >= 0.3 is 0 Å². The van der Waals surface area contributed by atoms with E-state index in [2.05, 4.69) is 10.1 Å². The van der Waals surface area contributed by atoms with Crippen LogP contribution in [0.25, 0.3) is 11.0 Å². The molecule has 2 rings (SSSR count). The third kappa shape index (κ3) is 1.13. The molecule has 0 radical (unpaired) electrons. The minimum absolute atomic E-state index is 0.160. The molecule has 0 unspecified atom stereocenters. The highest BCUT2D eigenvalue weighted by Crippen LogP contribution is 2.13. The molecule has 2 aromatic rings. The molecule has 6 heteroatoms. The van der Waals surface area contributed by atoms with E-state index in [-0.39, 0.29) is 5.56 Å². The van der Waals surface area contributed by atoms with E-state index in [1.54, 1.807) is 17.8 Å². The Hall–Kier alpha value is -1.36. The Kier molecular flexibility index (Phi) is 2.03. The lowest BCUT2D eigenvalue weighted by Crippen LogP contribution is -2.22. The third-order valence-corrected chi connectivity index (χ3v) is 2.46. The molecule has 0 aromatic carbocycles. The van der Waals surface area contributed by atoms with E-state index in [9.17, 15) is 4.79 Å². The fourth-order valence-corrected chi connectivity index (χ4v) is 1.53. The summed E-state index contributed by atoms with van der Waals surface area (Å²) in [4.78, 5) is 15.8. The van der Waals surface area contributed by atoms with E-state index in [1.807, 2.05) is 6.92 Å². The smallest absolute Gasteiger partial charge is 0.292 e. The number of fused-ring (bicyclic) bond motifs is 1. The zero-order valence-electron chi connectivity index (χ0n) is 7.86. The summed E-state index contributed by atoms with van der Waals surface area (Å²) in [5.74, 6) is 0. The molecule has 0 saturated heterocycles. The molecular formula is C8H9ClN4O. The molecule has 5 nitrogen and oxygen atoms in total. The SMILES string of the molecule is CCn1ncc2nc(Cl)n(C)c2c1=O. The quantitative estimate of drug-likeness (QED) is 0.703. The van der Waals surface area contributed by atoms with Gasteiger partial charge in [-0.15, -0.1) is 0 Å². The topological polar surface area (TPSA) is 52.7 Å². The second-order valence-electron chi connectivity index (χ2n) is 2.94. The first-order valence-corrected chi connectivity index (χ1v) is 4.61. The van der Waals surface area contributed by atoms with Gasteiger partial charge in [0, 0.05) is 13.6 Å². The summed E-state index contributed by atoms with van der Waals surface area (Å²) in [5, 5.41) is 4.25. The molecule has 14 heavy (non-hydrogen) atoms. The van der Waals surface area contributed by atoms with Gasteiger partial charge in [-0.1, -0.05) is 0 Å². The average Bonchev–Trinajstić information content (AvgIpc) is 2.44. The lowest BCUT2D eigenvalue weighted by Gasteiger charge is -1.99. The van der Waals surface area contributed by atoms with Crippen LogP contribution in [0.5, 0.6) is 0 Å². The number of hydrogen-bond donors (Lipinski definition) is 0. The first-order chi connectivity index (χ1) is 6.65. The number of imidazole rings is 1. The van der Waals surface area contributed by atoms with E-state index >= 15 is 0 Å². The summed E-state index contributed by atoms with van der Waals surface area (Å²) < 4.78 is 2.94. The first kappa shape index (κ1) is 9.21. The maximum atomic E-state index is 11.8. The normalized spacial score (nSPS) is 11.1. The number of nitrogens with zero attached hydrogens (tertiary/aromatic N) is 4. The molecule has 0 aliphatic carbocycles. The van der Waals surface area contributed by atoms with Gasteiger partial charge < -0.3 is 4.57 Å². The minimum atomic E-state index is -0.160. The first-order valence-electron chi connectivity index (χ1n) is 4.23. The standard InChI is InChI=1S/C8H9ClN4O/c1-3-13-7(14)6-5(4-10-13)11-8(9)12(6)2/h4H,3H2,1-2H3. The van der Waals surface area contributed by atoms with Gasteiger partial charge in [0.2, 0.25) is 5.28 Å². The molecule has 0 fully saturated rings. The molecule has 0 saturated carbocycles. The zero-order chi connectivity index (χ0) is 10.3. The van der Waals surface area contributed by atoms with Crippen molar-refractivity contribution in [1.29, 1.82) is 0 Å². The number of rotatable bonds is 1. The molecule has 0 amide bonds. The Balaban J connectivity index is 2.94. The molecular weight excluding hydrogens is 204 g/mol. The Labute approximate surface area is 84.9 Å². The van der Waals surface area contributed by atoms with Crippen LogP contribution in [0.2, 0.25) is 5.28 Å². The van der Waals surface area contributed by atoms with Crippen LogP contribution in [-0.2, 0) is 13.6 Å². The Morgan fingerprint density at radius 3 is 2.93 bits per heavy atom. The molecule has 0 atom stereocenters. The predicted molar refractivity (Wildman–Crippen MR) is 53.5 cm³/mol. The van der Waals surface area contributed by atoms with Gasteiger partial charge in [0.05, 0.1) is 6.20 Å². The van der Waals surface area contributed by atoms with Crippen molar-refractivity contribution in [2.75, 3.05) is 0 Å². The zero-order valence-corrected chi connectivity index (χ0v) is 8.62. The summed E-state index contributed by atoms with van der Waals surface area (Å²) >= 11 is 5.80. The highest BCUT2D eigenvalue weighted by Gasteiger charge is 2.10. The van der Waals surface area contributed by atoms with Gasteiger partial charge in [-0.3, -0.25) is 4.79 Å². The Morgan fingerprint density at radius 2 is 2.29 bits per heavy atom. The van der Waals surface area contributed by atoms with E-state index in [0.29, 0.717) is 22.9 Å². The minimum Gasteiger partial charge on any atom is -0.313 e. The Morgan fingerprint density at radius 1 is 1.57 bits per heavy atom. The average molecular weight is 213 g/mol. The molecule has 2 heterocycles. The Bertz CT molecular complexity index is 542. The third-order valence-electron chi connectivity index (χ3n) is 2.12. The molecule has 0 N–H and O–H groups in total. The van der Waals surface area contributed by atoms with E-state index in [4.69, 9.17) is 11.6 Å². The van der Waals surface area contributed by atoms with Gasteiger partial charge in [-0.25, -0.2) is 9.67 Å². The predicted octanol–water partition coefficient (Wildman–Crippen LogP) is 0.803. The van der Waals surface area contributed by atoms with Crippen LogP contribution in [0.15, 0.2) is 11.0 Å². The van der Waals surface area contributed by atoms with Crippen molar-refractivity contribution in [3.63, 3.8) is 0 Å². The monoisotopic (exact) mass is 212 g/mol. The van der Waals surface area contributed by atoms with Gasteiger partial charge in [0.1, 0.15) is 11.0 Å². The molecule has 0 aliphatic rings. The lowest BCUT2D eigenvalue weighted by atomic mass is 10.4. The molecule has 2 aromatic heterocycles. The fraction of sp³-hybridized carbons (Fsp3) is 0.375. The van der Waals surface area contributed by atoms with Crippen molar-refractivity contribution >= 4 is 22.6 Å². The van der Waals surface area contributed by atoms with Gasteiger partial charge in [0.15, 0.2) is 0 Å². The number of hydrogen-bond acceptors (Lipinski definition) is 3. The summed E-state index contributed by atoms with van der Waals surface area (Å²) in [6.07, 6.45) is 1.55. The summed E-state index contributed by atoms with van der Waals surface area (Å²) in [6.45, 7) is 2.40. The van der Waals surface area contributed by atoms with Crippen LogP contribution >= 0.6 is 11.6 Å². The van der Waals surface area contributed by atoms with Gasteiger partial charge in [-0.2, -0.15) is 5.10 Å². The molecule has 0 aliphatic heterocycles. The second-order valence-corrected chi connectivity index (χ2v) is 3.28. The van der Waals surface area contributed by atoms with Gasteiger partial charge in [0.25, 0.3) is 5.56 Å². The van der Waals surface area contributed by atoms with Crippen molar-refractivity contribution < 1.29 is 0 Å². The second kappa shape index (κ2) is 3.09. The van der Waals surface area contributed by atoms with Crippen molar-refractivity contribution in [2.24, 2.45) is 7.05 Å². The van der Waals surface area contributed by atoms with Crippen molar-refractivity contribution in [3.05, 3.63) is 21.8 Å². The van der Waals surface area contributed by atoms with Gasteiger partial charge in [-0.05, 0) is 18.5 Å². The van der Waals surface area contributed by atoms with E-state index in [0.717, 1.165) is 0 Å². The van der Waals surface area contributed by atoms with Crippen LogP contribution < -0.4 is 5.56 Å². The van der Waals surface area contributed by atoms with E-state index in [1.165, 1.54) is 4.68 Å². The summed E-state index contributed by atoms with van der Waals surface area (Å²) in [7, 11) is 1.71. The lowest BCUT2D eigenvalue weighted by molar-refractivity contribution is 0.620. The van der Waals surface area contributed by atoms with Crippen molar-refractivity contribution in [2.45, 2.75) is 13.5 Å². The molecule has 0 bridgehead atoms. The maximum absolute atomic E-state index is 11.8. The molecule has 74 valence electrons. The summed E-state index contributed by atoms with van der Waals surface area (Å²) in [6, 6.07) is 0. The van der Waals surface area contributed by atoms with Crippen LogP contribution in [0, 0.1) is 0 Å². The number of aromatic nitrogens is 4. The van der Waals surface area contributed by atoms with Crippen molar-refractivity contribution in [3.8, 4) is 0 Å². The highest BCUT2D eigenvalue weighted by atomic mass is 35.5. The largest absolute Gasteiger partial charge is 0.313 e. The maximum Gasteiger partial charge on any atom is 0.292 e. The van der Waals surface area contributed by atoms with Crippen LogP contribution in [0.4, 0.5) is 0 Å². The fourth-order valence-electron chi connectivity index (χ4n) is 1.36. The van der Waals surface area contributed by atoms with E-state index < -0.39 is 0 Å². The van der Waals surface area contributed by atoms with Crippen molar-refractivity contribution in [1.82, 2.24) is 19.3 Å². The van der Waals surface area contributed by atoms with Crippen LogP contribution in [-0.4, -0.2) is 19.3 Å². The van der Waals surface area contributed by atoms with Crippen LogP contribution in [0.3, 0.4) is 0 Å². The number of halogens is 1. The highest BCUT2D eigenvalue weighted by molar-refractivity contribution is 6.29. The van der Waals surface area contributed by atoms with Crippen LogP contribution in [0.1, 0.15) is 6.92 Å². The summed E-state index contributed by atoms with van der Waals surface area (Å²) in [5.41, 5.74) is 0.867. The molecule has 0 spiro atoms.